The fourth-order valence-corrected chi connectivity index (χ4v) is 2.94. The van der Waals surface area contributed by atoms with Gasteiger partial charge in [0.1, 0.15) is 23.9 Å². The van der Waals surface area contributed by atoms with E-state index in [4.69, 9.17) is 14.5 Å². The van der Waals surface area contributed by atoms with Crippen LogP contribution in [0.3, 0.4) is 0 Å². The molecule has 0 aliphatic rings. The quantitative estimate of drug-likeness (QED) is 0.610. The average Bonchev–Trinajstić information content (AvgIpc) is 2.90. The number of nitrogens with zero attached hydrogens (tertiary/aromatic N) is 2. The second-order valence-electron chi connectivity index (χ2n) is 6.72. The molecule has 4 heteroatoms. The molecule has 0 aliphatic carbocycles. The summed E-state index contributed by atoms with van der Waals surface area (Å²) in [5.41, 5.74) is 3.27. The number of aryl methyl sites for hydroxylation is 1. The van der Waals surface area contributed by atoms with Crippen LogP contribution in [-0.2, 0) is 13.2 Å². The first-order chi connectivity index (χ1) is 12.1. The van der Waals surface area contributed by atoms with Gasteiger partial charge in [-0.25, -0.2) is 4.98 Å². The van der Waals surface area contributed by atoms with E-state index >= 15 is 0 Å². The molecule has 132 valence electrons. The Labute approximate surface area is 149 Å². The van der Waals surface area contributed by atoms with E-state index in [1.807, 2.05) is 37.3 Å². The molecule has 3 rings (SSSR count). The number of hydrogen-bond donors (Lipinski definition) is 0. The molecule has 0 radical (unpaired) electrons. The molecule has 0 saturated heterocycles. The Balaban J connectivity index is 1.92. The van der Waals surface area contributed by atoms with E-state index in [1.165, 1.54) is 5.56 Å². The van der Waals surface area contributed by atoms with Crippen molar-refractivity contribution in [1.82, 2.24) is 9.55 Å². The summed E-state index contributed by atoms with van der Waals surface area (Å²) in [4.78, 5) is 4.79. The van der Waals surface area contributed by atoms with Gasteiger partial charge in [0.15, 0.2) is 0 Å². The highest BCUT2D eigenvalue weighted by Gasteiger charge is 2.13. The van der Waals surface area contributed by atoms with Crippen LogP contribution >= 0.6 is 0 Å². The minimum absolute atomic E-state index is 0.453. The molecule has 0 bridgehead atoms. The van der Waals surface area contributed by atoms with Crippen molar-refractivity contribution < 1.29 is 9.47 Å². The number of rotatable bonds is 7. The van der Waals surface area contributed by atoms with Crippen molar-refractivity contribution in [2.45, 2.75) is 40.8 Å². The van der Waals surface area contributed by atoms with Crippen LogP contribution in [-0.4, -0.2) is 16.2 Å². The average molecular weight is 338 g/mol. The monoisotopic (exact) mass is 338 g/mol. The van der Waals surface area contributed by atoms with Gasteiger partial charge in [-0.2, -0.15) is 0 Å². The van der Waals surface area contributed by atoms with Gasteiger partial charge >= 0.3 is 0 Å². The van der Waals surface area contributed by atoms with Crippen LogP contribution in [0.15, 0.2) is 42.5 Å². The van der Waals surface area contributed by atoms with Crippen LogP contribution in [0, 0.1) is 12.8 Å². The molecule has 2 aromatic carbocycles. The molecule has 0 unspecified atom stereocenters. The van der Waals surface area contributed by atoms with Crippen LogP contribution in [0.2, 0.25) is 0 Å². The van der Waals surface area contributed by atoms with Crippen LogP contribution in [0.4, 0.5) is 0 Å². The van der Waals surface area contributed by atoms with Gasteiger partial charge in [-0.15, -0.1) is 0 Å². The molecule has 0 aliphatic heterocycles. The van der Waals surface area contributed by atoms with Crippen LogP contribution in [0.5, 0.6) is 11.5 Å². The van der Waals surface area contributed by atoms with Gasteiger partial charge < -0.3 is 14.0 Å². The van der Waals surface area contributed by atoms with E-state index < -0.39 is 0 Å². The summed E-state index contributed by atoms with van der Waals surface area (Å²) < 4.78 is 13.9. The highest BCUT2D eigenvalue weighted by molar-refractivity contribution is 5.77. The van der Waals surface area contributed by atoms with E-state index in [-0.39, 0.29) is 0 Å². The second kappa shape index (κ2) is 7.60. The lowest BCUT2D eigenvalue weighted by Gasteiger charge is -2.13. The summed E-state index contributed by atoms with van der Waals surface area (Å²) in [5, 5.41) is 0. The van der Waals surface area contributed by atoms with Gasteiger partial charge in [0.25, 0.3) is 0 Å². The molecular formula is C21H26N2O2. The topological polar surface area (TPSA) is 36.3 Å². The molecule has 0 saturated carbocycles. The van der Waals surface area contributed by atoms with Crippen molar-refractivity contribution in [1.29, 1.82) is 0 Å². The Morgan fingerprint density at radius 3 is 2.56 bits per heavy atom. The Kier molecular flexibility index (Phi) is 5.27. The highest BCUT2D eigenvalue weighted by Crippen LogP contribution is 2.24. The van der Waals surface area contributed by atoms with Crippen LogP contribution in [0.1, 0.15) is 32.2 Å². The lowest BCUT2D eigenvalue weighted by molar-refractivity contribution is 0.287. The Hall–Kier alpha value is -2.49. The van der Waals surface area contributed by atoms with Crippen molar-refractivity contribution in [3.05, 3.63) is 53.9 Å². The number of fused-ring (bicyclic) bond motifs is 1. The lowest BCUT2D eigenvalue weighted by atomic mass is 10.2. The smallest absolute Gasteiger partial charge is 0.148 e. The number of hydrogen-bond acceptors (Lipinski definition) is 3. The minimum Gasteiger partial charge on any atom is -0.494 e. The Bertz CT molecular complexity index is 852. The summed E-state index contributed by atoms with van der Waals surface area (Å²) in [7, 11) is 0. The number of aromatic nitrogens is 2. The fraction of sp³-hybridized carbons (Fsp3) is 0.381. The van der Waals surface area contributed by atoms with E-state index in [2.05, 4.69) is 37.5 Å². The first kappa shape index (κ1) is 17.3. The maximum atomic E-state index is 5.99. The van der Waals surface area contributed by atoms with E-state index in [0.29, 0.717) is 19.1 Å². The fourth-order valence-electron chi connectivity index (χ4n) is 2.94. The standard InChI is InChI=1S/C21H26N2O2/c1-5-24-18-9-10-19-20(12-18)23(13-15(2)3)21(22-19)14-25-17-8-6-7-16(4)11-17/h6-12,15H,5,13-14H2,1-4H3. The maximum Gasteiger partial charge on any atom is 0.148 e. The van der Waals surface area contributed by atoms with Crippen molar-refractivity contribution >= 4 is 11.0 Å². The zero-order valence-corrected chi connectivity index (χ0v) is 15.5. The Morgan fingerprint density at radius 2 is 1.84 bits per heavy atom. The summed E-state index contributed by atoms with van der Waals surface area (Å²) in [6, 6.07) is 14.2. The largest absolute Gasteiger partial charge is 0.494 e. The maximum absolute atomic E-state index is 5.99. The summed E-state index contributed by atoms with van der Waals surface area (Å²) >= 11 is 0. The van der Waals surface area contributed by atoms with E-state index in [9.17, 15) is 0 Å². The molecular weight excluding hydrogens is 312 g/mol. The molecule has 0 spiro atoms. The van der Waals surface area contributed by atoms with Gasteiger partial charge in [0.2, 0.25) is 0 Å². The number of imidazole rings is 1. The molecule has 0 amide bonds. The van der Waals surface area contributed by atoms with Gasteiger partial charge in [-0.1, -0.05) is 26.0 Å². The molecule has 3 aromatic rings. The first-order valence-corrected chi connectivity index (χ1v) is 8.88. The van der Waals surface area contributed by atoms with E-state index in [0.717, 1.165) is 34.9 Å². The first-order valence-electron chi connectivity index (χ1n) is 8.88. The molecule has 1 heterocycles. The molecule has 25 heavy (non-hydrogen) atoms. The Morgan fingerprint density at radius 1 is 1.04 bits per heavy atom. The summed E-state index contributed by atoms with van der Waals surface area (Å²) in [5.74, 6) is 3.22. The molecule has 0 N–H and O–H groups in total. The van der Waals surface area contributed by atoms with Gasteiger partial charge in [0, 0.05) is 12.6 Å². The van der Waals surface area contributed by atoms with Crippen molar-refractivity contribution in [3.8, 4) is 11.5 Å². The van der Waals surface area contributed by atoms with Gasteiger partial charge in [-0.05, 0) is 49.6 Å². The van der Waals surface area contributed by atoms with Crippen molar-refractivity contribution in [2.75, 3.05) is 6.61 Å². The molecule has 0 fully saturated rings. The molecule has 1 aromatic heterocycles. The SMILES string of the molecule is CCOc1ccc2nc(COc3cccc(C)c3)n(CC(C)C)c2c1. The molecule has 0 atom stereocenters. The highest BCUT2D eigenvalue weighted by atomic mass is 16.5. The van der Waals surface area contributed by atoms with Crippen LogP contribution < -0.4 is 9.47 Å². The van der Waals surface area contributed by atoms with Crippen molar-refractivity contribution in [3.63, 3.8) is 0 Å². The zero-order valence-electron chi connectivity index (χ0n) is 15.5. The second-order valence-corrected chi connectivity index (χ2v) is 6.72. The van der Waals surface area contributed by atoms with E-state index in [1.54, 1.807) is 0 Å². The minimum atomic E-state index is 0.453. The summed E-state index contributed by atoms with van der Waals surface area (Å²) in [6.07, 6.45) is 0. The summed E-state index contributed by atoms with van der Waals surface area (Å²) in [6.45, 7) is 10.5. The number of ether oxygens (including phenoxy) is 2. The van der Waals surface area contributed by atoms with Gasteiger partial charge in [-0.3, -0.25) is 0 Å². The lowest BCUT2D eigenvalue weighted by Crippen LogP contribution is -2.11. The third kappa shape index (κ3) is 4.13. The predicted octanol–water partition coefficient (Wildman–Crippen LogP) is 4.98. The number of benzene rings is 2. The third-order valence-corrected chi connectivity index (χ3v) is 4.01. The molecule has 4 nitrogen and oxygen atoms in total. The predicted molar refractivity (Wildman–Crippen MR) is 101 cm³/mol. The van der Waals surface area contributed by atoms with Crippen LogP contribution in [0.25, 0.3) is 11.0 Å². The normalized spacial score (nSPS) is 11.2. The third-order valence-electron chi connectivity index (χ3n) is 4.01. The zero-order chi connectivity index (χ0) is 17.8. The van der Waals surface area contributed by atoms with Gasteiger partial charge in [0.05, 0.1) is 17.6 Å². The van der Waals surface area contributed by atoms with Crippen molar-refractivity contribution in [2.24, 2.45) is 5.92 Å².